The van der Waals surface area contributed by atoms with Gasteiger partial charge in [0.15, 0.2) is 11.6 Å². The summed E-state index contributed by atoms with van der Waals surface area (Å²) in [6.45, 7) is -2.49. The number of hydrogen-bond acceptors (Lipinski definition) is 9. The number of aromatic amines is 1. The van der Waals surface area contributed by atoms with E-state index in [0.29, 0.717) is 59.8 Å². The van der Waals surface area contributed by atoms with Gasteiger partial charge >= 0.3 is 6.61 Å². The van der Waals surface area contributed by atoms with Crippen LogP contribution < -0.4 is 14.2 Å². The Bertz CT molecular complexity index is 1570. The fraction of sp³-hybridized carbons (Fsp3) is 0.308. The monoisotopic (exact) mass is 536 g/mol. The molecule has 2 aromatic heterocycles. The molecule has 4 heterocycles. The summed E-state index contributed by atoms with van der Waals surface area (Å²) >= 11 is 0. The van der Waals surface area contributed by atoms with Gasteiger partial charge < -0.3 is 19.1 Å². The summed E-state index contributed by atoms with van der Waals surface area (Å²) in [7, 11) is 1.43. The maximum absolute atomic E-state index is 13.4. The summed E-state index contributed by atoms with van der Waals surface area (Å²) in [6.07, 6.45) is 0.988. The molecule has 1 saturated heterocycles. The third kappa shape index (κ3) is 4.49. The third-order valence-electron chi connectivity index (χ3n) is 7.09. The van der Waals surface area contributed by atoms with Gasteiger partial charge in [0.1, 0.15) is 34.1 Å². The Labute approximate surface area is 220 Å². The van der Waals surface area contributed by atoms with Crippen LogP contribution in [0.2, 0.25) is 0 Å². The number of carbonyl (C=O) groups is 2. The van der Waals surface area contributed by atoms with Crippen LogP contribution in [-0.2, 0) is 0 Å². The first kappa shape index (κ1) is 24.6. The number of benzene rings is 2. The van der Waals surface area contributed by atoms with Crippen molar-refractivity contribution in [1.29, 1.82) is 0 Å². The molecule has 0 atom stereocenters. The number of H-pyrrole nitrogens is 1. The van der Waals surface area contributed by atoms with E-state index in [0.717, 1.165) is 0 Å². The Kier molecular flexibility index (Phi) is 6.04. The number of tetrazole rings is 1. The van der Waals surface area contributed by atoms with Gasteiger partial charge in [0.25, 0.3) is 5.91 Å². The number of amides is 1. The number of likely N-dealkylation sites (tertiary alicyclic amines) is 1. The van der Waals surface area contributed by atoms with Crippen LogP contribution in [0.1, 0.15) is 40.1 Å². The average Bonchev–Trinajstić information content (AvgIpc) is 3.47. The van der Waals surface area contributed by atoms with Crippen molar-refractivity contribution in [2.45, 2.75) is 31.5 Å². The van der Waals surface area contributed by atoms with Crippen LogP contribution in [0, 0.1) is 0 Å². The Morgan fingerprint density at radius 2 is 1.97 bits per heavy atom. The van der Waals surface area contributed by atoms with Gasteiger partial charge in [-0.05, 0) is 40.8 Å². The fourth-order valence-corrected chi connectivity index (χ4v) is 5.14. The van der Waals surface area contributed by atoms with E-state index in [1.54, 1.807) is 41.3 Å². The number of ketones is 1. The summed E-state index contributed by atoms with van der Waals surface area (Å²) in [5.41, 5.74) is 0.572. The molecule has 0 unspecified atom stereocenters. The third-order valence-corrected chi connectivity index (χ3v) is 7.09. The summed E-state index contributed by atoms with van der Waals surface area (Å²) in [6, 6.07) is 11.2. The maximum Gasteiger partial charge on any atom is 0.387 e. The van der Waals surface area contributed by atoms with Crippen LogP contribution in [0.4, 0.5) is 8.78 Å². The molecular weight excluding hydrogens is 514 g/mol. The zero-order chi connectivity index (χ0) is 27.1. The van der Waals surface area contributed by atoms with Crippen LogP contribution in [0.5, 0.6) is 17.2 Å². The number of carbonyl (C=O) groups excluding carboxylic acids is 2. The maximum atomic E-state index is 13.4. The SMILES string of the molecule is COc1cccc2c(OC(F)F)cc(C(=O)N3CCC4(CC3)CC(=O)c3cc(-c5nnn[nH]5)ccc3O4)nc12. The van der Waals surface area contributed by atoms with Crippen molar-refractivity contribution < 1.29 is 32.6 Å². The first-order valence-electron chi connectivity index (χ1n) is 12.2. The number of halogens is 2. The molecule has 6 rings (SSSR count). The molecule has 11 nitrogen and oxygen atoms in total. The molecule has 2 aliphatic rings. The molecule has 0 bridgehead atoms. The van der Waals surface area contributed by atoms with E-state index in [-0.39, 0.29) is 29.2 Å². The van der Waals surface area contributed by atoms with Gasteiger partial charge in [-0.15, -0.1) is 5.10 Å². The van der Waals surface area contributed by atoms with E-state index in [2.05, 4.69) is 25.6 Å². The number of pyridine rings is 1. The number of aromatic nitrogens is 5. The standard InChI is InChI=1S/C26H22F2N6O5/c1-37-20-4-2-3-15-21(38-25(27)28)12-17(29-22(15)20)24(36)34-9-7-26(8-10-34)13-18(35)16-11-14(5-6-19(16)39-26)23-30-32-33-31-23/h2-6,11-12,25H,7-10,13H2,1H3,(H,30,31,32,33). The first-order chi connectivity index (χ1) is 18.9. The van der Waals surface area contributed by atoms with E-state index in [1.165, 1.54) is 13.2 Å². The van der Waals surface area contributed by atoms with Gasteiger partial charge in [0.2, 0.25) is 0 Å². The van der Waals surface area contributed by atoms with Gasteiger partial charge in [-0.25, -0.2) is 10.1 Å². The van der Waals surface area contributed by atoms with Gasteiger partial charge in [0.05, 0.1) is 19.1 Å². The van der Waals surface area contributed by atoms with Crippen LogP contribution in [0.25, 0.3) is 22.3 Å². The molecule has 0 radical (unpaired) electrons. The van der Waals surface area contributed by atoms with E-state index < -0.39 is 18.1 Å². The second-order valence-corrected chi connectivity index (χ2v) is 9.38. The normalized spacial score (nSPS) is 16.3. The highest BCUT2D eigenvalue weighted by Gasteiger charge is 2.44. The number of methoxy groups -OCH3 is 1. The molecule has 2 aliphatic heterocycles. The Morgan fingerprint density at radius 1 is 1.15 bits per heavy atom. The summed E-state index contributed by atoms with van der Waals surface area (Å²) < 4.78 is 42.6. The number of hydrogen-bond donors (Lipinski definition) is 1. The van der Waals surface area contributed by atoms with E-state index in [1.807, 2.05) is 0 Å². The van der Waals surface area contributed by atoms with E-state index in [9.17, 15) is 18.4 Å². The Balaban J connectivity index is 1.22. The quantitative estimate of drug-likeness (QED) is 0.406. The summed E-state index contributed by atoms with van der Waals surface area (Å²) in [5, 5.41) is 14.0. The molecular formula is C26H22F2N6O5. The van der Waals surface area contributed by atoms with Gasteiger partial charge in [0, 0.05) is 42.9 Å². The second kappa shape index (κ2) is 9.57. The topological polar surface area (TPSA) is 132 Å². The molecule has 13 heteroatoms. The first-order valence-corrected chi connectivity index (χ1v) is 12.2. The van der Waals surface area contributed by atoms with Crippen LogP contribution in [-0.4, -0.2) is 74.6 Å². The number of alkyl halides is 2. The Morgan fingerprint density at radius 3 is 2.69 bits per heavy atom. The van der Waals surface area contributed by atoms with Gasteiger partial charge in [-0.2, -0.15) is 8.78 Å². The molecule has 1 amide bonds. The number of Topliss-reactive ketones (excluding diaryl/α,β-unsaturated/α-hetero) is 1. The van der Waals surface area contributed by atoms with Crippen molar-refractivity contribution in [2.75, 3.05) is 20.2 Å². The lowest BCUT2D eigenvalue weighted by Gasteiger charge is -2.43. The molecule has 0 aliphatic carbocycles. The Hall–Kier alpha value is -4.68. The molecule has 200 valence electrons. The second-order valence-electron chi connectivity index (χ2n) is 9.38. The van der Waals surface area contributed by atoms with Gasteiger partial charge in [-0.1, -0.05) is 6.07 Å². The number of piperidine rings is 1. The smallest absolute Gasteiger partial charge is 0.387 e. The lowest BCUT2D eigenvalue weighted by molar-refractivity contribution is -0.0489. The average molecular weight is 536 g/mol. The zero-order valence-corrected chi connectivity index (χ0v) is 20.7. The molecule has 2 aromatic carbocycles. The molecule has 1 N–H and O–H groups in total. The van der Waals surface area contributed by atoms with Crippen LogP contribution >= 0.6 is 0 Å². The number of fused-ring (bicyclic) bond motifs is 2. The summed E-state index contributed by atoms with van der Waals surface area (Å²) in [4.78, 5) is 32.5. The van der Waals surface area contributed by atoms with Crippen molar-refractivity contribution in [3.8, 4) is 28.6 Å². The molecule has 4 aromatic rings. The highest BCUT2D eigenvalue weighted by molar-refractivity contribution is 6.01. The molecule has 1 fully saturated rings. The van der Waals surface area contributed by atoms with Crippen molar-refractivity contribution in [2.24, 2.45) is 0 Å². The lowest BCUT2D eigenvalue weighted by Crippen LogP contribution is -2.52. The lowest BCUT2D eigenvalue weighted by atomic mass is 9.82. The van der Waals surface area contributed by atoms with Crippen molar-refractivity contribution in [3.05, 3.63) is 53.7 Å². The zero-order valence-electron chi connectivity index (χ0n) is 20.7. The minimum Gasteiger partial charge on any atom is -0.494 e. The van der Waals surface area contributed by atoms with Crippen molar-refractivity contribution in [3.63, 3.8) is 0 Å². The molecule has 39 heavy (non-hydrogen) atoms. The van der Waals surface area contributed by atoms with Gasteiger partial charge in [-0.3, -0.25) is 9.59 Å². The largest absolute Gasteiger partial charge is 0.494 e. The highest BCUT2D eigenvalue weighted by atomic mass is 19.3. The fourth-order valence-electron chi connectivity index (χ4n) is 5.14. The predicted molar refractivity (Wildman–Crippen MR) is 132 cm³/mol. The van der Waals surface area contributed by atoms with Crippen molar-refractivity contribution >= 4 is 22.6 Å². The predicted octanol–water partition coefficient (Wildman–Crippen LogP) is 3.67. The number of rotatable bonds is 5. The number of nitrogens with zero attached hydrogens (tertiary/aromatic N) is 5. The number of para-hydroxylation sites is 1. The number of nitrogens with one attached hydrogen (secondary N) is 1. The summed E-state index contributed by atoms with van der Waals surface area (Å²) in [5.74, 6) is 0.574. The van der Waals surface area contributed by atoms with Crippen LogP contribution in [0.3, 0.4) is 0 Å². The van der Waals surface area contributed by atoms with E-state index >= 15 is 0 Å². The van der Waals surface area contributed by atoms with Crippen molar-refractivity contribution in [1.82, 2.24) is 30.5 Å². The van der Waals surface area contributed by atoms with E-state index in [4.69, 9.17) is 14.2 Å². The minimum absolute atomic E-state index is 0.0426. The highest BCUT2D eigenvalue weighted by Crippen LogP contribution is 2.41. The number of ether oxygens (including phenoxy) is 3. The van der Waals surface area contributed by atoms with Crippen LogP contribution in [0.15, 0.2) is 42.5 Å². The molecule has 1 spiro atoms. The molecule has 0 saturated carbocycles. The minimum atomic E-state index is -3.08.